The van der Waals surface area contributed by atoms with Gasteiger partial charge in [0.2, 0.25) is 11.8 Å². The third-order valence-corrected chi connectivity index (χ3v) is 5.38. The summed E-state index contributed by atoms with van der Waals surface area (Å²) in [6, 6.07) is 4.78. The minimum absolute atomic E-state index is 0. The van der Waals surface area contributed by atoms with E-state index in [9.17, 15) is 9.59 Å². The predicted octanol–water partition coefficient (Wildman–Crippen LogP) is 2.11. The summed E-state index contributed by atoms with van der Waals surface area (Å²) in [7, 11) is 3.13. The fraction of sp³-hybridized carbons (Fsp3) is 0.579. The number of ether oxygens (including phenoxy) is 2. The summed E-state index contributed by atoms with van der Waals surface area (Å²) in [5.41, 5.74) is 5.91. The highest BCUT2D eigenvalue weighted by Gasteiger charge is 2.39. The van der Waals surface area contributed by atoms with E-state index in [1.54, 1.807) is 37.3 Å². The van der Waals surface area contributed by atoms with Crippen LogP contribution < -0.4 is 25.4 Å². The van der Waals surface area contributed by atoms with Gasteiger partial charge in [-0.2, -0.15) is 0 Å². The van der Waals surface area contributed by atoms with Gasteiger partial charge in [0, 0.05) is 31.3 Å². The average molecular weight is 400 g/mol. The van der Waals surface area contributed by atoms with Crippen LogP contribution in [0.25, 0.3) is 0 Å². The number of benzene rings is 1. The van der Waals surface area contributed by atoms with Gasteiger partial charge in [-0.3, -0.25) is 9.59 Å². The Morgan fingerprint density at radius 2 is 1.78 bits per heavy atom. The second kappa shape index (κ2) is 9.80. The lowest BCUT2D eigenvalue weighted by Crippen LogP contribution is -2.51. The molecule has 1 aliphatic heterocycles. The summed E-state index contributed by atoms with van der Waals surface area (Å²) >= 11 is 0. The maximum Gasteiger partial charge on any atom is 0.249 e. The molecule has 8 heteroatoms. The summed E-state index contributed by atoms with van der Waals surface area (Å²) in [5, 5.41) is 2.91. The molecule has 1 fully saturated rings. The van der Waals surface area contributed by atoms with Crippen molar-refractivity contribution in [3.63, 3.8) is 0 Å². The second-order valence-corrected chi connectivity index (χ2v) is 6.57. The van der Waals surface area contributed by atoms with Crippen LogP contribution >= 0.6 is 12.4 Å². The lowest BCUT2D eigenvalue weighted by molar-refractivity contribution is -0.134. The molecule has 1 unspecified atom stereocenters. The number of nitrogens with two attached hydrogens (primary N) is 1. The number of rotatable bonds is 8. The Labute approximate surface area is 167 Å². The number of halogens is 1. The molecule has 1 aromatic carbocycles. The number of carbonyl (C=O) groups is 2. The number of hydrogen-bond donors (Lipinski definition) is 2. The average Bonchev–Trinajstić information content (AvgIpc) is 3.03. The Kier molecular flexibility index (Phi) is 8.37. The van der Waals surface area contributed by atoms with E-state index in [-0.39, 0.29) is 30.8 Å². The lowest BCUT2D eigenvalue weighted by Gasteiger charge is -2.29. The Bertz CT molecular complexity index is 634. The van der Waals surface area contributed by atoms with Gasteiger partial charge in [0.1, 0.15) is 17.5 Å². The Morgan fingerprint density at radius 3 is 2.22 bits per heavy atom. The molecule has 1 heterocycles. The van der Waals surface area contributed by atoms with Crippen LogP contribution in [0.4, 0.5) is 5.69 Å². The molecule has 0 radical (unpaired) electrons. The first kappa shape index (κ1) is 23.0. The second-order valence-electron chi connectivity index (χ2n) is 6.57. The highest BCUT2D eigenvalue weighted by molar-refractivity contribution is 6.02. The van der Waals surface area contributed by atoms with Gasteiger partial charge in [-0.25, -0.2) is 0 Å². The van der Waals surface area contributed by atoms with Gasteiger partial charge in [-0.05, 0) is 19.3 Å². The van der Waals surface area contributed by atoms with Gasteiger partial charge in [-0.1, -0.05) is 13.8 Å². The van der Waals surface area contributed by atoms with E-state index in [4.69, 9.17) is 15.2 Å². The Morgan fingerprint density at radius 1 is 1.22 bits per heavy atom. The van der Waals surface area contributed by atoms with Crippen LogP contribution in [0.5, 0.6) is 11.5 Å². The quantitative estimate of drug-likeness (QED) is 0.698. The first-order valence-electron chi connectivity index (χ1n) is 9.00. The number of methoxy groups -OCH3 is 2. The fourth-order valence-corrected chi connectivity index (χ4v) is 3.28. The number of anilines is 1. The SMILES string of the molecule is CCC(CC)(CN)C(=O)NC1CCN(c2cc(OC)cc(OC)c2)C1=O.Cl. The molecule has 0 aromatic heterocycles. The molecular formula is C19H30ClN3O4. The van der Waals surface area contributed by atoms with Crippen molar-refractivity contribution >= 4 is 29.9 Å². The van der Waals surface area contributed by atoms with Crippen LogP contribution in [-0.4, -0.2) is 45.2 Å². The third-order valence-electron chi connectivity index (χ3n) is 5.38. The number of nitrogens with zero attached hydrogens (tertiary/aromatic N) is 1. The van der Waals surface area contributed by atoms with Crippen LogP contribution in [0, 0.1) is 5.41 Å². The minimum Gasteiger partial charge on any atom is -0.497 e. The summed E-state index contributed by atoms with van der Waals surface area (Å²) in [5.74, 6) is 0.942. The number of amides is 2. The predicted molar refractivity (Wildman–Crippen MR) is 108 cm³/mol. The summed E-state index contributed by atoms with van der Waals surface area (Å²) in [4.78, 5) is 27.2. The van der Waals surface area contributed by atoms with Crippen LogP contribution in [0.3, 0.4) is 0 Å². The van der Waals surface area contributed by atoms with Crippen LogP contribution in [0.15, 0.2) is 18.2 Å². The molecule has 3 N–H and O–H groups in total. The standard InChI is InChI=1S/C19H29N3O4.ClH/c1-5-19(6-2,12-20)18(24)21-16-7-8-22(17(16)23)13-9-14(25-3)11-15(10-13)26-4;/h9-11,16H,5-8,12,20H2,1-4H3,(H,21,24);1H. The smallest absolute Gasteiger partial charge is 0.249 e. The highest BCUT2D eigenvalue weighted by Crippen LogP contribution is 2.31. The zero-order valence-corrected chi connectivity index (χ0v) is 17.2. The van der Waals surface area contributed by atoms with E-state index < -0.39 is 11.5 Å². The molecule has 27 heavy (non-hydrogen) atoms. The molecule has 0 spiro atoms. The zero-order valence-electron chi connectivity index (χ0n) is 16.4. The van der Waals surface area contributed by atoms with E-state index in [1.807, 2.05) is 13.8 Å². The van der Waals surface area contributed by atoms with Crippen molar-refractivity contribution < 1.29 is 19.1 Å². The first-order chi connectivity index (χ1) is 12.4. The summed E-state index contributed by atoms with van der Waals surface area (Å²) in [6.45, 7) is 4.68. The number of hydrogen-bond acceptors (Lipinski definition) is 5. The van der Waals surface area contributed by atoms with Crippen LogP contribution in [0.2, 0.25) is 0 Å². The molecular weight excluding hydrogens is 370 g/mol. The lowest BCUT2D eigenvalue weighted by atomic mass is 9.81. The minimum atomic E-state index is -0.618. The van der Waals surface area contributed by atoms with Crippen LogP contribution in [-0.2, 0) is 9.59 Å². The van der Waals surface area contributed by atoms with Crippen molar-refractivity contribution in [3.05, 3.63) is 18.2 Å². The maximum absolute atomic E-state index is 12.8. The van der Waals surface area contributed by atoms with Crippen molar-refractivity contribution in [1.29, 1.82) is 0 Å². The largest absolute Gasteiger partial charge is 0.497 e. The molecule has 0 aliphatic carbocycles. The molecule has 2 rings (SSSR count). The molecule has 1 aliphatic rings. The van der Waals surface area contributed by atoms with Crippen molar-refractivity contribution in [3.8, 4) is 11.5 Å². The van der Waals surface area contributed by atoms with Gasteiger partial charge in [0.05, 0.1) is 25.3 Å². The summed E-state index contributed by atoms with van der Waals surface area (Å²) < 4.78 is 10.5. The van der Waals surface area contributed by atoms with E-state index >= 15 is 0 Å². The molecule has 0 saturated carbocycles. The van der Waals surface area contributed by atoms with E-state index in [1.165, 1.54) is 0 Å². The Balaban J connectivity index is 0.00000364. The van der Waals surface area contributed by atoms with E-state index in [2.05, 4.69) is 5.32 Å². The van der Waals surface area contributed by atoms with Crippen molar-refractivity contribution in [2.24, 2.45) is 11.1 Å². The molecule has 7 nitrogen and oxygen atoms in total. The highest BCUT2D eigenvalue weighted by atomic mass is 35.5. The van der Waals surface area contributed by atoms with Crippen LogP contribution in [0.1, 0.15) is 33.1 Å². The monoisotopic (exact) mass is 399 g/mol. The molecule has 0 bridgehead atoms. The molecule has 152 valence electrons. The molecule has 1 aromatic rings. The van der Waals surface area contributed by atoms with Gasteiger partial charge in [-0.15, -0.1) is 12.4 Å². The maximum atomic E-state index is 12.8. The van der Waals surface area contributed by atoms with Gasteiger partial charge < -0.3 is 25.4 Å². The Hall–Kier alpha value is -1.99. The van der Waals surface area contributed by atoms with E-state index in [0.29, 0.717) is 43.0 Å². The van der Waals surface area contributed by atoms with Gasteiger partial charge >= 0.3 is 0 Å². The van der Waals surface area contributed by atoms with Crippen molar-refractivity contribution in [2.75, 3.05) is 32.2 Å². The topological polar surface area (TPSA) is 93.9 Å². The fourth-order valence-electron chi connectivity index (χ4n) is 3.28. The molecule has 1 saturated heterocycles. The van der Waals surface area contributed by atoms with Gasteiger partial charge in [0.25, 0.3) is 0 Å². The number of nitrogens with one attached hydrogen (secondary N) is 1. The normalized spacial score (nSPS) is 16.7. The van der Waals surface area contributed by atoms with Crippen molar-refractivity contribution in [1.82, 2.24) is 5.32 Å². The summed E-state index contributed by atoms with van der Waals surface area (Å²) in [6.07, 6.45) is 1.84. The van der Waals surface area contributed by atoms with Gasteiger partial charge in [0.15, 0.2) is 0 Å². The zero-order chi connectivity index (χ0) is 19.3. The van der Waals surface area contributed by atoms with E-state index in [0.717, 1.165) is 0 Å². The molecule has 1 atom stereocenters. The molecule has 2 amide bonds. The third kappa shape index (κ3) is 4.65. The first-order valence-corrected chi connectivity index (χ1v) is 9.00. The van der Waals surface area contributed by atoms with Crippen molar-refractivity contribution in [2.45, 2.75) is 39.2 Å². The number of carbonyl (C=O) groups excluding carboxylic acids is 2.